The van der Waals surface area contributed by atoms with Gasteiger partial charge >= 0.3 is 6.16 Å². The van der Waals surface area contributed by atoms with Crippen molar-refractivity contribution in [3.05, 3.63) is 23.7 Å². The molecule has 0 radical (unpaired) electrons. The molecule has 1 aromatic heterocycles. The van der Waals surface area contributed by atoms with Gasteiger partial charge in [-0.15, -0.1) is 0 Å². The predicted molar refractivity (Wildman–Crippen MR) is 82.2 cm³/mol. The number of cyclic esters (lactones) is 1. The van der Waals surface area contributed by atoms with E-state index in [4.69, 9.17) is 13.9 Å². The van der Waals surface area contributed by atoms with Crippen LogP contribution in [0.5, 0.6) is 0 Å². The maximum Gasteiger partial charge on any atom is 0.509 e. The van der Waals surface area contributed by atoms with Gasteiger partial charge in [0, 0.05) is 25.9 Å². The molecule has 2 saturated heterocycles. The summed E-state index contributed by atoms with van der Waals surface area (Å²) >= 11 is 0. The van der Waals surface area contributed by atoms with E-state index in [1.807, 2.05) is 0 Å². The van der Waals surface area contributed by atoms with Crippen LogP contribution < -0.4 is 0 Å². The first-order valence-electron chi connectivity index (χ1n) is 7.77. The van der Waals surface area contributed by atoms with E-state index in [1.165, 1.54) is 0 Å². The maximum atomic E-state index is 12.5. The van der Waals surface area contributed by atoms with E-state index in [1.54, 1.807) is 30.9 Å². The SMILES string of the molecule is CC(C)(O)C#Cc1ccc(C(=O)N2CCC3(CC2)COC(=O)O3)o1. The predicted octanol–water partition coefficient (Wildman–Crippen LogP) is 1.54. The van der Waals surface area contributed by atoms with Crippen LogP contribution in [-0.2, 0) is 9.47 Å². The number of ether oxygens (including phenoxy) is 2. The number of hydrogen-bond donors (Lipinski definition) is 1. The molecular formula is C17H19NO6. The number of rotatable bonds is 1. The molecule has 24 heavy (non-hydrogen) atoms. The molecule has 0 aliphatic carbocycles. The van der Waals surface area contributed by atoms with E-state index >= 15 is 0 Å². The lowest BCUT2D eigenvalue weighted by Gasteiger charge is -2.35. The van der Waals surface area contributed by atoms with E-state index in [-0.39, 0.29) is 18.3 Å². The van der Waals surface area contributed by atoms with E-state index < -0.39 is 17.4 Å². The van der Waals surface area contributed by atoms with Crippen LogP contribution in [0.15, 0.2) is 16.5 Å². The van der Waals surface area contributed by atoms with Gasteiger partial charge < -0.3 is 23.9 Å². The van der Waals surface area contributed by atoms with Gasteiger partial charge in [-0.3, -0.25) is 4.79 Å². The molecule has 0 bridgehead atoms. The van der Waals surface area contributed by atoms with Crippen LogP contribution in [-0.4, -0.2) is 53.0 Å². The van der Waals surface area contributed by atoms with Crippen molar-refractivity contribution in [3.8, 4) is 11.8 Å². The fourth-order valence-corrected chi connectivity index (χ4v) is 2.68. The summed E-state index contributed by atoms with van der Waals surface area (Å²) in [5.41, 5.74) is -1.72. The van der Waals surface area contributed by atoms with Crippen molar-refractivity contribution in [1.82, 2.24) is 4.90 Å². The quantitative estimate of drug-likeness (QED) is 0.619. The van der Waals surface area contributed by atoms with Crippen LogP contribution in [0.2, 0.25) is 0 Å². The Kier molecular flexibility index (Phi) is 4.01. The largest absolute Gasteiger partial charge is 0.509 e. The summed E-state index contributed by atoms with van der Waals surface area (Å²) in [7, 11) is 0. The van der Waals surface area contributed by atoms with Gasteiger partial charge in [0.05, 0.1) is 0 Å². The molecule has 3 heterocycles. The minimum Gasteiger partial charge on any atom is -0.443 e. The summed E-state index contributed by atoms with van der Waals surface area (Å²) in [5.74, 6) is 5.62. The Hall–Kier alpha value is -2.46. The van der Waals surface area contributed by atoms with Crippen LogP contribution in [0.1, 0.15) is 43.0 Å². The van der Waals surface area contributed by atoms with Gasteiger partial charge in [0.2, 0.25) is 0 Å². The molecule has 128 valence electrons. The summed E-state index contributed by atoms with van der Waals surface area (Å²) in [6.07, 6.45) is 0.434. The molecule has 2 aliphatic heterocycles. The number of likely N-dealkylation sites (tertiary alicyclic amines) is 1. The Morgan fingerprint density at radius 3 is 2.62 bits per heavy atom. The third kappa shape index (κ3) is 3.54. The Morgan fingerprint density at radius 1 is 1.33 bits per heavy atom. The molecule has 1 aromatic rings. The molecule has 1 N–H and O–H groups in total. The van der Waals surface area contributed by atoms with E-state index in [2.05, 4.69) is 11.8 Å². The average Bonchev–Trinajstić information content (AvgIpc) is 3.12. The number of furan rings is 1. The zero-order valence-electron chi connectivity index (χ0n) is 13.6. The van der Waals surface area contributed by atoms with Crippen molar-refractivity contribution in [3.63, 3.8) is 0 Å². The first-order valence-corrected chi connectivity index (χ1v) is 7.77. The number of hydrogen-bond acceptors (Lipinski definition) is 6. The first kappa shape index (κ1) is 16.4. The summed E-state index contributed by atoms with van der Waals surface area (Å²) in [4.78, 5) is 25.3. The Morgan fingerprint density at radius 2 is 2.04 bits per heavy atom. The summed E-state index contributed by atoms with van der Waals surface area (Å²) in [5, 5.41) is 9.58. The lowest BCUT2D eigenvalue weighted by molar-refractivity contribution is 0.00192. The third-order valence-electron chi connectivity index (χ3n) is 4.02. The number of aliphatic hydroxyl groups is 1. The van der Waals surface area contributed by atoms with E-state index in [0.29, 0.717) is 31.7 Å². The van der Waals surface area contributed by atoms with Crippen molar-refractivity contribution in [2.45, 2.75) is 37.9 Å². The normalized spacial score (nSPS) is 19.5. The standard InChI is InChI=1S/C17H19NO6/c1-16(2,21)6-5-12-3-4-13(23-12)14(19)18-9-7-17(8-10-18)11-22-15(20)24-17/h3-4,21H,7-11H2,1-2H3. The molecule has 1 amide bonds. The minimum absolute atomic E-state index is 0.200. The molecule has 7 heteroatoms. The topological polar surface area (TPSA) is 89.2 Å². The van der Waals surface area contributed by atoms with Crippen molar-refractivity contribution in [1.29, 1.82) is 0 Å². The summed E-state index contributed by atoms with van der Waals surface area (Å²) < 4.78 is 15.5. The van der Waals surface area contributed by atoms with Crippen molar-refractivity contribution in [2.75, 3.05) is 19.7 Å². The average molecular weight is 333 g/mol. The lowest BCUT2D eigenvalue weighted by Crippen LogP contribution is -2.48. The van der Waals surface area contributed by atoms with Crippen LogP contribution in [0.25, 0.3) is 0 Å². The van der Waals surface area contributed by atoms with Gasteiger partial charge in [-0.1, -0.05) is 5.92 Å². The summed E-state index contributed by atoms with van der Waals surface area (Å²) in [6, 6.07) is 3.17. The lowest BCUT2D eigenvalue weighted by atomic mass is 9.92. The molecule has 3 rings (SSSR count). The van der Waals surface area contributed by atoms with Crippen LogP contribution in [0, 0.1) is 11.8 Å². The number of amides is 1. The molecule has 0 aromatic carbocycles. The smallest absolute Gasteiger partial charge is 0.443 e. The Labute approximate surface area is 139 Å². The highest BCUT2D eigenvalue weighted by atomic mass is 16.8. The second-order valence-corrected chi connectivity index (χ2v) is 6.59. The Bertz CT molecular complexity index is 709. The summed E-state index contributed by atoms with van der Waals surface area (Å²) in [6.45, 7) is 4.29. The van der Waals surface area contributed by atoms with E-state index in [0.717, 1.165) is 0 Å². The molecule has 0 atom stereocenters. The van der Waals surface area contributed by atoms with Gasteiger partial charge in [0.1, 0.15) is 12.2 Å². The maximum absolute atomic E-state index is 12.5. The molecule has 7 nitrogen and oxygen atoms in total. The highest BCUT2D eigenvalue weighted by Gasteiger charge is 2.45. The zero-order valence-corrected chi connectivity index (χ0v) is 13.6. The van der Waals surface area contributed by atoms with Gasteiger partial charge in [-0.25, -0.2) is 4.79 Å². The van der Waals surface area contributed by atoms with Crippen molar-refractivity contribution < 1.29 is 28.6 Å². The highest BCUT2D eigenvalue weighted by molar-refractivity contribution is 5.91. The molecule has 0 unspecified atom stereocenters. The molecule has 2 aliphatic rings. The van der Waals surface area contributed by atoms with Crippen LogP contribution >= 0.6 is 0 Å². The van der Waals surface area contributed by atoms with Gasteiger partial charge in [0.15, 0.2) is 17.1 Å². The highest BCUT2D eigenvalue weighted by Crippen LogP contribution is 2.32. The number of carbonyl (C=O) groups excluding carboxylic acids is 2. The van der Waals surface area contributed by atoms with Gasteiger partial charge in [0.25, 0.3) is 5.91 Å². The fourth-order valence-electron chi connectivity index (χ4n) is 2.68. The third-order valence-corrected chi connectivity index (χ3v) is 4.02. The molecule has 1 spiro atoms. The number of nitrogens with zero attached hydrogens (tertiary/aromatic N) is 1. The molecule has 2 fully saturated rings. The van der Waals surface area contributed by atoms with Crippen LogP contribution in [0.4, 0.5) is 4.79 Å². The van der Waals surface area contributed by atoms with Gasteiger partial charge in [-0.05, 0) is 31.9 Å². The fraction of sp³-hybridized carbons (Fsp3) is 0.529. The first-order chi connectivity index (χ1) is 11.3. The number of carbonyl (C=O) groups is 2. The zero-order chi connectivity index (χ0) is 17.4. The van der Waals surface area contributed by atoms with Crippen molar-refractivity contribution in [2.24, 2.45) is 0 Å². The molecule has 0 saturated carbocycles. The van der Waals surface area contributed by atoms with Crippen molar-refractivity contribution >= 4 is 12.1 Å². The number of piperidine rings is 1. The van der Waals surface area contributed by atoms with E-state index in [9.17, 15) is 14.7 Å². The van der Waals surface area contributed by atoms with Gasteiger partial charge in [-0.2, -0.15) is 0 Å². The monoisotopic (exact) mass is 333 g/mol. The second-order valence-electron chi connectivity index (χ2n) is 6.59. The Balaban J connectivity index is 1.62. The molecular weight excluding hydrogens is 314 g/mol. The second kappa shape index (κ2) is 5.87. The minimum atomic E-state index is -1.13. The van der Waals surface area contributed by atoms with Crippen LogP contribution in [0.3, 0.4) is 0 Å².